The second kappa shape index (κ2) is 9.60. The highest BCUT2D eigenvalue weighted by atomic mass is 16.5. The molecule has 0 radical (unpaired) electrons. The van der Waals surface area contributed by atoms with E-state index in [9.17, 15) is 9.59 Å². The zero-order chi connectivity index (χ0) is 22.5. The van der Waals surface area contributed by atoms with E-state index in [4.69, 9.17) is 4.74 Å². The molecule has 3 aromatic rings. The van der Waals surface area contributed by atoms with E-state index in [0.29, 0.717) is 17.7 Å². The fraction of sp³-hybridized carbons (Fsp3) is 0.320. The fourth-order valence-corrected chi connectivity index (χ4v) is 3.75. The topological polar surface area (TPSA) is 73.2 Å². The largest absolute Gasteiger partial charge is 0.447 e. The predicted molar refractivity (Wildman–Crippen MR) is 121 cm³/mol. The van der Waals surface area contributed by atoms with Crippen LogP contribution in [-0.2, 0) is 27.8 Å². The van der Waals surface area contributed by atoms with Crippen molar-refractivity contribution in [1.29, 1.82) is 0 Å². The molecule has 1 unspecified atom stereocenters. The number of nitrogens with zero attached hydrogens (tertiary/aromatic N) is 2. The Hall–Kier alpha value is -3.41. The van der Waals surface area contributed by atoms with Crippen molar-refractivity contribution in [1.82, 2.24) is 9.78 Å². The Morgan fingerprint density at radius 1 is 1.03 bits per heavy atom. The zero-order valence-corrected chi connectivity index (χ0v) is 18.7. The van der Waals surface area contributed by atoms with E-state index >= 15 is 0 Å². The van der Waals surface area contributed by atoms with Crippen molar-refractivity contribution >= 4 is 17.6 Å². The van der Waals surface area contributed by atoms with Gasteiger partial charge in [0.2, 0.25) is 6.10 Å². The number of amides is 1. The molecule has 1 aromatic heterocycles. The van der Waals surface area contributed by atoms with Crippen LogP contribution in [0.1, 0.15) is 46.2 Å². The van der Waals surface area contributed by atoms with Gasteiger partial charge in [0.1, 0.15) is 0 Å². The van der Waals surface area contributed by atoms with E-state index < -0.39 is 12.1 Å². The average Bonchev–Trinajstić information content (AvgIpc) is 2.95. The van der Waals surface area contributed by atoms with Gasteiger partial charge < -0.3 is 10.1 Å². The van der Waals surface area contributed by atoms with Crippen molar-refractivity contribution in [2.75, 3.05) is 5.32 Å². The van der Waals surface area contributed by atoms with E-state index in [-0.39, 0.29) is 12.3 Å². The first kappa shape index (κ1) is 22.3. The maximum absolute atomic E-state index is 13.1. The number of hydrogen-bond acceptors (Lipinski definition) is 4. The number of aromatic nitrogens is 2. The number of nitrogens with one attached hydrogen (secondary N) is 1. The monoisotopic (exact) mass is 419 g/mol. The summed E-state index contributed by atoms with van der Waals surface area (Å²) >= 11 is 0. The van der Waals surface area contributed by atoms with Crippen LogP contribution in [0.15, 0.2) is 48.5 Å². The molecule has 2 aromatic carbocycles. The van der Waals surface area contributed by atoms with Crippen molar-refractivity contribution in [2.45, 2.75) is 46.6 Å². The summed E-state index contributed by atoms with van der Waals surface area (Å²) in [4.78, 5) is 25.7. The van der Waals surface area contributed by atoms with Gasteiger partial charge in [-0.25, -0.2) is 0 Å². The third-order valence-electron chi connectivity index (χ3n) is 5.32. The second-order valence-electron chi connectivity index (χ2n) is 7.92. The van der Waals surface area contributed by atoms with E-state index in [1.165, 1.54) is 0 Å². The number of ether oxygens (including phenoxy) is 1. The number of carbonyl (C=O) groups is 2. The van der Waals surface area contributed by atoms with Gasteiger partial charge in [0, 0.05) is 30.4 Å². The lowest BCUT2D eigenvalue weighted by molar-refractivity contribution is -0.154. The molecule has 6 heteroatoms. The van der Waals surface area contributed by atoms with Gasteiger partial charge in [0.05, 0.1) is 5.69 Å². The smallest absolute Gasteiger partial charge is 0.307 e. The van der Waals surface area contributed by atoms with Crippen LogP contribution in [0.3, 0.4) is 0 Å². The van der Waals surface area contributed by atoms with Crippen LogP contribution in [-0.4, -0.2) is 21.7 Å². The molecule has 0 saturated heterocycles. The zero-order valence-electron chi connectivity index (χ0n) is 18.7. The maximum Gasteiger partial charge on any atom is 0.307 e. The molecule has 1 atom stereocenters. The molecule has 0 spiro atoms. The maximum atomic E-state index is 13.1. The normalized spacial score (nSPS) is 11.8. The van der Waals surface area contributed by atoms with Crippen LogP contribution in [0.2, 0.25) is 0 Å². The molecule has 162 valence electrons. The Bertz CT molecular complexity index is 1070. The molecular weight excluding hydrogens is 390 g/mol. The van der Waals surface area contributed by atoms with Crippen molar-refractivity contribution in [3.05, 3.63) is 82.2 Å². The summed E-state index contributed by atoms with van der Waals surface area (Å²) in [5.41, 5.74) is 6.37. The van der Waals surface area contributed by atoms with Crippen LogP contribution in [0.5, 0.6) is 0 Å². The van der Waals surface area contributed by atoms with E-state index in [1.54, 1.807) is 16.8 Å². The summed E-state index contributed by atoms with van der Waals surface area (Å²) in [6.45, 7) is 7.85. The van der Waals surface area contributed by atoms with Crippen LogP contribution in [0.4, 0.5) is 5.69 Å². The molecule has 0 fully saturated rings. The van der Waals surface area contributed by atoms with Crippen molar-refractivity contribution in [3.63, 3.8) is 0 Å². The number of carbonyl (C=O) groups excluding carboxylic acids is 2. The molecule has 0 aliphatic carbocycles. The minimum atomic E-state index is -1.02. The Kier molecular flexibility index (Phi) is 6.90. The fourth-order valence-electron chi connectivity index (χ4n) is 3.75. The third kappa shape index (κ3) is 5.60. The minimum absolute atomic E-state index is 0.174. The Balaban J connectivity index is 1.74. The molecule has 0 bridgehead atoms. The van der Waals surface area contributed by atoms with Crippen LogP contribution >= 0.6 is 0 Å². The summed E-state index contributed by atoms with van der Waals surface area (Å²) in [6, 6.07) is 14.9. The Morgan fingerprint density at radius 3 is 2.26 bits per heavy atom. The highest BCUT2D eigenvalue weighted by Crippen LogP contribution is 2.23. The van der Waals surface area contributed by atoms with Gasteiger partial charge in [-0.1, -0.05) is 36.4 Å². The SMILES string of the molecule is Cc1cc(C)cc(NC(=O)C(OC(=O)CCc2c(C)nn(C)c2C)c2ccccc2)c1. The van der Waals surface area contributed by atoms with Gasteiger partial charge in [0.15, 0.2) is 0 Å². The van der Waals surface area contributed by atoms with Gasteiger partial charge in [-0.05, 0) is 62.9 Å². The summed E-state index contributed by atoms with van der Waals surface area (Å²) in [5, 5.41) is 7.28. The number of anilines is 1. The van der Waals surface area contributed by atoms with Crippen LogP contribution in [0, 0.1) is 27.7 Å². The van der Waals surface area contributed by atoms with E-state index in [2.05, 4.69) is 10.4 Å². The summed E-state index contributed by atoms with van der Waals surface area (Å²) in [6.07, 6.45) is -0.330. The van der Waals surface area contributed by atoms with Gasteiger partial charge in [-0.2, -0.15) is 5.10 Å². The number of benzene rings is 2. The van der Waals surface area contributed by atoms with Crippen LogP contribution in [0.25, 0.3) is 0 Å². The first-order valence-corrected chi connectivity index (χ1v) is 10.4. The lowest BCUT2D eigenvalue weighted by atomic mass is 10.1. The third-order valence-corrected chi connectivity index (χ3v) is 5.32. The van der Waals surface area contributed by atoms with Gasteiger partial charge in [0.25, 0.3) is 5.91 Å². The first-order valence-electron chi connectivity index (χ1n) is 10.4. The van der Waals surface area contributed by atoms with E-state index in [1.807, 2.05) is 71.1 Å². The summed E-state index contributed by atoms with van der Waals surface area (Å²) in [7, 11) is 1.88. The molecule has 31 heavy (non-hydrogen) atoms. The molecular formula is C25H29N3O3. The molecule has 1 N–H and O–H groups in total. The molecule has 0 saturated carbocycles. The van der Waals surface area contributed by atoms with Gasteiger partial charge in [-0.15, -0.1) is 0 Å². The number of hydrogen-bond donors (Lipinski definition) is 1. The van der Waals surface area contributed by atoms with Gasteiger partial charge >= 0.3 is 5.97 Å². The molecule has 3 rings (SSSR count). The molecule has 6 nitrogen and oxygen atoms in total. The van der Waals surface area contributed by atoms with Crippen molar-refractivity contribution in [3.8, 4) is 0 Å². The summed E-state index contributed by atoms with van der Waals surface area (Å²) in [5.74, 6) is -0.801. The molecule has 1 amide bonds. The molecule has 0 aliphatic heterocycles. The van der Waals surface area contributed by atoms with Crippen molar-refractivity contribution in [2.24, 2.45) is 7.05 Å². The standard InChI is InChI=1S/C25H29N3O3/c1-16-13-17(2)15-21(14-16)26-25(30)24(20-9-7-6-8-10-20)31-23(29)12-11-22-18(3)27-28(5)19(22)4/h6-10,13-15,24H,11-12H2,1-5H3,(H,26,30). The Labute approximate surface area is 183 Å². The second-order valence-corrected chi connectivity index (χ2v) is 7.92. The quantitative estimate of drug-likeness (QED) is 0.572. The number of aryl methyl sites for hydroxylation is 4. The van der Waals surface area contributed by atoms with Gasteiger partial charge in [-0.3, -0.25) is 14.3 Å². The average molecular weight is 420 g/mol. The predicted octanol–water partition coefficient (Wildman–Crippen LogP) is 4.51. The molecule has 0 aliphatic rings. The minimum Gasteiger partial charge on any atom is -0.447 e. The number of rotatable bonds is 7. The van der Waals surface area contributed by atoms with Crippen molar-refractivity contribution < 1.29 is 14.3 Å². The lowest BCUT2D eigenvalue weighted by Gasteiger charge is -2.18. The highest BCUT2D eigenvalue weighted by molar-refractivity contribution is 5.96. The summed E-state index contributed by atoms with van der Waals surface area (Å²) < 4.78 is 7.47. The van der Waals surface area contributed by atoms with Crippen LogP contribution < -0.4 is 5.32 Å². The Morgan fingerprint density at radius 2 is 1.68 bits per heavy atom. The first-order chi connectivity index (χ1) is 14.7. The lowest BCUT2D eigenvalue weighted by Crippen LogP contribution is -2.26. The van der Waals surface area contributed by atoms with E-state index in [0.717, 1.165) is 28.1 Å². The highest BCUT2D eigenvalue weighted by Gasteiger charge is 2.25. The molecule has 1 heterocycles. The number of esters is 1.